The summed E-state index contributed by atoms with van der Waals surface area (Å²) in [4.78, 5) is 83.1. The fraction of sp³-hybridized carbons (Fsp3) is 0.682. The number of carbonyl (C=O) groups is 7. The molecule has 222 valence electrons. The number of aliphatic hydroxyl groups excluding tert-OH is 1. The Bertz CT molecular complexity index is 885. The van der Waals surface area contributed by atoms with Crippen molar-refractivity contribution in [3.05, 3.63) is 0 Å². The number of unbranched alkanes of at least 4 members (excludes halogenated alkanes) is 1. The Morgan fingerprint density at radius 2 is 1.18 bits per heavy atom. The number of carbonyl (C=O) groups excluding carboxylic acids is 4. The van der Waals surface area contributed by atoms with Gasteiger partial charge >= 0.3 is 17.9 Å². The molecule has 0 bridgehead atoms. The number of carboxylic acid groups (broad SMARTS) is 3. The number of hydrogen-bond acceptors (Lipinski definition) is 10. The summed E-state index contributed by atoms with van der Waals surface area (Å²) in [5.74, 6) is -7.64. The van der Waals surface area contributed by atoms with E-state index < -0.39 is 91.2 Å². The van der Waals surface area contributed by atoms with Gasteiger partial charge in [0, 0.05) is 12.8 Å². The predicted molar refractivity (Wildman–Crippen MR) is 133 cm³/mol. The average molecular weight is 563 g/mol. The number of aliphatic hydroxyl groups is 1. The van der Waals surface area contributed by atoms with Crippen LogP contribution in [0.25, 0.3) is 0 Å². The van der Waals surface area contributed by atoms with Gasteiger partial charge in [-0.1, -0.05) is 0 Å². The van der Waals surface area contributed by atoms with E-state index in [4.69, 9.17) is 21.7 Å². The molecule has 0 unspecified atom stereocenters. The van der Waals surface area contributed by atoms with Gasteiger partial charge in [0.05, 0.1) is 12.6 Å². The van der Waals surface area contributed by atoms with E-state index in [0.717, 1.165) is 0 Å². The van der Waals surface area contributed by atoms with Crippen LogP contribution in [-0.2, 0) is 33.6 Å². The molecule has 0 aromatic rings. The van der Waals surface area contributed by atoms with Crippen molar-refractivity contribution in [3.8, 4) is 0 Å². The summed E-state index contributed by atoms with van der Waals surface area (Å²) < 4.78 is 0. The molecule has 17 heteroatoms. The van der Waals surface area contributed by atoms with Gasteiger partial charge in [-0.25, -0.2) is 4.79 Å². The van der Waals surface area contributed by atoms with Crippen molar-refractivity contribution in [2.24, 2.45) is 11.5 Å². The monoisotopic (exact) mass is 562 g/mol. The number of carboxylic acids is 3. The maximum absolute atomic E-state index is 12.8. The van der Waals surface area contributed by atoms with Crippen molar-refractivity contribution >= 4 is 41.5 Å². The second-order valence-electron chi connectivity index (χ2n) is 8.69. The summed E-state index contributed by atoms with van der Waals surface area (Å²) in [5, 5.41) is 45.4. The Balaban J connectivity index is 5.33. The van der Waals surface area contributed by atoms with Gasteiger partial charge in [-0.05, 0) is 45.6 Å². The van der Waals surface area contributed by atoms with Gasteiger partial charge in [-0.3, -0.25) is 28.8 Å². The third kappa shape index (κ3) is 14.6. The lowest BCUT2D eigenvalue weighted by Gasteiger charge is -2.24. The molecule has 5 atom stereocenters. The molecule has 0 rings (SSSR count). The van der Waals surface area contributed by atoms with Gasteiger partial charge in [0.1, 0.15) is 24.2 Å². The van der Waals surface area contributed by atoms with Crippen LogP contribution in [0.5, 0.6) is 0 Å². The van der Waals surface area contributed by atoms with Gasteiger partial charge in [0.2, 0.25) is 23.6 Å². The van der Waals surface area contributed by atoms with Gasteiger partial charge in [0.15, 0.2) is 0 Å². The van der Waals surface area contributed by atoms with Crippen LogP contribution in [0.3, 0.4) is 0 Å². The third-order valence-corrected chi connectivity index (χ3v) is 5.41. The molecule has 0 aliphatic rings. The number of aliphatic carboxylic acids is 3. The molecular formula is C22H38N6O11. The molecule has 0 saturated carbocycles. The van der Waals surface area contributed by atoms with Crippen molar-refractivity contribution in [3.63, 3.8) is 0 Å². The SMILES string of the molecule is C[C@H](NC(=O)[C@@H](N)CCC(=O)O)C(=O)N[C@@H](CCC(=O)O)C(=O)N[C@@H](CO)C(=O)N[C@@H](CCCCN)C(=O)O. The molecule has 0 heterocycles. The first kappa shape index (κ1) is 35.2. The number of nitrogens with one attached hydrogen (secondary N) is 4. The largest absolute Gasteiger partial charge is 0.481 e. The first-order chi connectivity index (χ1) is 18.2. The quantitative estimate of drug-likeness (QED) is 0.0637. The summed E-state index contributed by atoms with van der Waals surface area (Å²) in [6.45, 7) is 0.621. The lowest BCUT2D eigenvalue weighted by molar-refractivity contribution is -0.143. The Kier molecular flexibility index (Phi) is 16.6. The Morgan fingerprint density at radius 1 is 0.667 bits per heavy atom. The van der Waals surface area contributed by atoms with Crippen molar-refractivity contribution in [2.45, 2.75) is 82.1 Å². The topological polar surface area (TPSA) is 301 Å². The number of hydrogen-bond donors (Lipinski definition) is 10. The Morgan fingerprint density at radius 3 is 1.69 bits per heavy atom. The van der Waals surface area contributed by atoms with Crippen LogP contribution in [0.15, 0.2) is 0 Å². The highest BCUT2D eigenvalue weighted by molar-refractivity contribution is 5.95. The standard InChI is InChI=1S/C22H38N6O11/c1-11(25-19(35)12(24)5-7-16(30)31)18(34)26-13(6-8-17(32)33)20(36)28-15(10-29)21(37)27-14(22(38)39)4-2-3-9-23/h11-15,29H,2-10,23-24H2,1H3,(H,25,35)(H,26,34)(H,27,37)(H,28,36)(H,30,31)(H,32,33)(H,38,39)/t11-,12-,13-,14-,15-/m0/s1. The van der Waals surface area contributed by atoms with Crippen LogP contribution >= 0.6 is 0 Å². The van der Waals surface area contributed by atoms with E-state index in [2.05, 4.69) is 21.3 Å². The summed E-state index contributed by atoms with van der Waals surface area (Å²) in [6, 6.07) is -6.95. The summed E-state index contributed by atoms with van der Waals surface area (Å²) in [6.07, 6.45) is -0.623. The molecule has 0 aliphatic carbocycles. The van der Waals surface area contributed by atoms with Crippen LogP contribution in [0, 0.1) is 0 Å². The van der Waals surface area contributed by atoms with Crippen molar-refractivity contribution < 1.29 is 54.0 Å². The molecule has 0 aromatic heterocycles. The van der Waals surface area contributed by atoms with Gasteiger partial charge in [0.25, 0.3) is 0 Å². The smallest absolute Gasteiger partial charge is 0.326 e. The molecule has 0 saturated heterocycles. The molecule has 0 radical (unpaired) electrons. The van der Waals surface area contributed by atoms with Gasteiger partial charge in [-0.2, -0.15) is 0 Å². The van der Waals surface area contributed by atoms with E-state index in [1.54, 1.807) is 0 Å². The van der Waals surface area contributed by atoms with Crippen LogP contribution in [0.1, 0.15) is 51.9 Å². The molecule has 12 N–H and O–H groups in total. The van der Waals surface area contributed by atoms with Crippen LogP contribution < -0.4 is 32.7 Å². The molecule has 17 nitrogen and oxygen atoms in total. The maximum atomic E-state index is 12.8. The zero-order chi connectivity index (χ0) is 30.1. The molecule has 0 aromatic carbocycles. The van der Waals surface area contributed by atoms with Crippen LogP contribution in [0.2, 0.25) is 0 Å². The highest BCUT2D eigenvalue weighted by atomic mass is 16.4. The second kappa shape index (κ2) is 18.4. The van der Waals surface area contributed by atoms with E-state index in [1.165, 1.54) is 6.92 Å². The van der Waals surface area contributed by atoms with E-state index in [1.807, 2.05) is 0 Å². The van der Waals surface area contributed by atoms with E-state index in [0.29, 0.717) is 19.4 Å². The number of nitrogens with two attached hydrogens (primary N) is 2. The minimum Gasteiger partial charge on any atom is -0.481 e. The van der Waals surface area contributed by atoms with Crippen LogP contribution in [0.4, 0.5) is 0 Å². The summed E-state index contributed by atoms with van der Waals surface area (Å²) >= 11 is 0. The highest BCUT2D eigenvalue weighted by Crippen LogP contribution is 2.04. The molecule has 39 heavy (non-hydrogen) atoms. The molecule has 4 amide bonds. The van der Waals surface area contributed by atoms with E-state index >= 15 is 0 Å². The van der Waals surface area contributed by atoms with Crippen LogP contribution in [-0.4, -0.2) is 105 Å². The molecule has 0 aliphatic heterocycles. The molecular weight excluding hydrogens is 524 g/mol. The van der Waals surface area contributed by atoms with Gasteiger partial charge in [-0.15, -0.1) is 0 Å². The first-order valence-corrected chi connectivity index (χ1v) is 12.2. The minimum atomic E-state index is -1.62. The van der Waals surface area contributed by atoms with Crippen molar-refractivity contribution in [1.29, 1.82) is 0 Å². The lowest BCUT2D eigenvalue weighted by Crippen LogP contribution is -2.58. The zero-order valence-electron chi connectivity index (χ0n) is 21.6. The normalized spacial score (nSPS) is 14.6. The van der Waals surface area contributed by atoms with Crippen molar-refractivity contribution in [2.75, 3.05) is 13.2 Å². The maximum Gasteiger partial charge on any atom is 0.326 e. The first-order valence-electron chi connectivity index (χ1n) is 12.2. The highest BCUT2D eigenvalue weighted by Gasteiger charge is 2.30. The number of rotatable bonds is 20. The predicted octanol–water partition coefficient (Wildman–Crippen LogP) is -3.79. The van der Waals surface area contributed by atoms with Gasteiger partial charge < -0.3 is 53.2 Å². The van der Waals surface area contributed by atoms with E-state index in [-0.39, 0.29) is 19.3 Å². The Labute approximate surface area is 224 Å². The third-order valence-electron chi connectivity index (χ3n) is 5.41. The average Bonchev–Trinajstić information content (AvgIpc) is 2.86. The lowest BCUT2D eigenvalue weighted by atomic mass is 10.1. The summed E-state index contributed by atoms with van der Waals surface area (Å²) in [5.41, 5.74) is 11.0. The van der Waals surface area contributed by atoms with Crippen molar-refractivity contribution in [1.82, 2.24) is 21.3 Å². The molecule has 0 spiro atoms. The second-order valence-corrected chi connectivity index (χ2v) is 8.69. The number of amides is 4. The fourth-order valence-electron chi connectivity index (χ4n) is 3.12. The minimum absolute atomic E-state index is 0.0469. The summed E-state index contributed by atoms with van der Waals surface area (Å²) in [7, 11) is 0. The molecule has 0 fully saturated rings. The Hall–Kier alpha value is -3.83. The zero-order valence-corrected chi connectivity index (χ0v) is 21.6. The van der Waals surface area contributed by atoms with E-state index in [9.17, 15) is 43.8 Å². The fourth-order valence-corrected chi connectivity index (χ4v) is 3.12.